The van der Waals surface area contributed by atoms with Crippen molar-refractivity contribution in [3.63, 3.8) is 0 Å². The Labute approximate surface area is 115 Å². The maximum atomic E-state index is 5.96. The lowest BCUT2D eigenvalue weighted by Gasteiger charge is -2.08. The van der Waals surface area contributed by atoms with Crippen molar-refractivity contribution in [3.05, 3.63) is 46.7 Å². The van der Waals surface area contributed by atoms with E-state index in [0.717, 1.165) is 31.0 Å². The van der Waals surface area contributed by atoms with Crippen LogP contribution in [0.5, 0.6) is 0 Å². The van der Waals surface area contributed by atoms with Gasteiger partial charge in [0.1, 0.15) is 11.5 Å². The number of nitrogens with one attached hydrogen (secondary N) is 1. The smallest absolute Gasteiger partial charge is 0.134 e. The molecule has 0 aliphatic carbocycles. The van der Waals surface area contributed by atoms with Gasteiger partial charge in [0, 0.05) is 5.56 Å². The van der Waals surface area contributed by atoms with Gasteiger partial charge in [0.05, 0.1) is 6.54 Å². The predicted octanol–water partition coefficient (Wildman–Crippen LogP) is 4.37. The number of furan rings is 1. The van der Waals surface area contributed by atoms with Crippen LogP contribution in [0.4, 0.5) is 0 Å². The minimum atomic E-state index is 0.803. The molecule has 0 saturated carbocycles. The summed E-state index contributed by atoms with van der Waals surface area (Å²) >= 11 is 0. The molecule has 102 valence electrons. The molecule has 0 fully saturated rings. The molecule has 1 heterocycles. The average Bonchev–Trinajstić information content (AvgIpc) is 2.76. The van der Waals surface area contributed by atoms with Crippen LogP contribution in [-0.2, 0) is 6.54 Å². The lowest BCUT2D eigenvalue weighted by Crippen LogP contribution is -2.12. The van der Waals surface area contributed by atoms with E-state index in [2.05, 4.69) is 57.3 Å². The number of aryl methyl sites for hydroxylation is 3. The Hall–Kier alpha value is -1.54. The molecule has 0 aliphatic heterocycles. The first-order chi connectivity index (χ1) is 9.11. The molecule has 2 nitrogen and oxygen atoms in total. The summed E-state index contributed by atoms with van der Waals surface area (Å²) in [7, 11) is 0. The van der Waals surface area contributed by atoms with Crippen molar-refractivity contribution in [1.29, 1.82) is 0 Å². The first-order valence-corrected chi connectivity index (χ1v) is 6.99. The highest BCUT2D eigenvalue weighted by molar-refractivity contribution is 5.67. The summed E-state index contributed by atoms with van der Waals surface area (Å²) in [5, 5.41) is 3.36. The van der Waals surface area contributed by atoms with E-state index in [9.17, 15) is 0 Å². The van der Waals surface area contributed by atoms with Gasteiger partial charge in [-0.3, -0.25) is 0 Å². The maximum absolute atomic E-state index is 5.96. The van der Waals surface area contributed by atoms with Crippen LogP contribution in [-0.4, -0.2) is 6.54 Å². The first-order valence-electron chi connectivity index (χ1n) is 6.99. The molecule has 2 heteroatoms. The topological polar surface area (TPSA) is 25.2 Å². The Morgan fingerprint density at radius 3 is 2.37 bits per heavy atom. The third-order valence-electron chi connectivity index (χ3n) is 3.31. The van der Waals surface area contributed by atoms with Crippen molar-refractivity contribution < 1.29 is 4.42 Å². The summed E-state index contributed by atoms with van der Waals surface area (Å²) in [4.78, 5) is 0. The zero-order chi connectivity index (χ0) is 13.8. The van der Waals surface area contributed by atoms with E-state index < -0.39 is 0 Å². The number of hydrogen-bond donors (Lipinski definition) is 1. The van der Waals surface area contributed by atoms with Crippen molar-refractivity contribution in [3.8, 4) is 11.3 Å². The third kappa shape index (κ3) is 3.27. The van der Waals surface area contributed by atoms with Gasteiger partial charge in [-0.1, -0.05) is 24.6 Å². The lowest BCUT2D eigenvalue weighted by atomic mass is 9.98. The minimum absolute atomic E-state index is 0.803. The summed E-state index contributed by atoms with van der Waals surface area (Å²) < 4.78 is 5.96. The van der Waals surface area contributed by atoms with Crippen molar-refractivity contribution >= 4 is 0 Å². The predicted molar refractivity (Wildman–Crippen MR) is 80.4 cm³/mol. The molecule has 19 heavy (non-hydrogen) atoms. The Bertz CT molecular complexity index is 531. The van der Waals surface area contributed by atoms with Gasteiger partial charge in [0.2, 0.25) is 0 Å². The highest BCUT2D eigenvalue weighted by atomic mass is 16.3. The Kier molecular flexibility index (Phi) is 4.43. The maximum Gasteiger partial charge on any atom is 0.134 e. The fraction of sp³-hybridized carbons (Fsp3) is 0.412. The van der Waals surface area contributed by atoms with Crippen LogP contribution in [0.25, 0.3) is 11.3 Å². The van der Waals surface area contributed by atoms with E-state index in [1.54, 1.807) is 0 Å². The highest BCUT2D eigenvalue weighted by Crippen LogP contribution is 2.29. The molecule has 2 rings (SSSR count). The first kappa shape index (κ1) is 13.9. The van der Waals surface area contributed by atoms with E-state index >= 15 is 0 Å². The number of rotatable bonds is 5. The largest absolute Gasteiger partial charge is 0.460 e. The zero-order valence-electron chi connectivity index (χ0n) is 12.3. The molecule has 0 amide bonds. The Morgan fingerprint density at radius 1 is 1.05 bits per heavy atom. The average molecular weight is 257 g/mol. The van der Waals surface area contributed by atoms with Gasteiger partial charge in [0.25, 0.3) is 0 Å². The van der Waals surface area contributed by atoms with Crippen molar-refractivity contribution in [1.82, 2.24) is 5.32 Å². The van der Waals surface area contributed by atoms with Crippen molar-refractivity contribution in [2.24, 2.45) is 0 Å². The summed E-state index contributed by atoms with van der Waals surface area (Å²) in [6, 6.07) is 8.56. The Balaban J connectivity index is 2.23. The van der Waals surface area contributed by atoms with Gasteiger partial charge in [-0.05, 0) is 57.0 Å². The van der Waals surface area contributed by atoms with Gasteiger partial charge in [-0.15, -0.1) is 0 Å². The van der Waals surface area contributed by atoms with E-state index in [1.807, 2.05) is 0 Å². The van der Waals surface area contributed by atoms with Gasteiger partial charge >= 0.3 is 0 Å². The van der Waals surface area contributed by atoms with Gasteiger partial charge in [0.15, 0.2) is 0 Å². The van der Waals surface area contributed by atoms with Crippen molar-refractivity contribution in [2.45, 2.75) is 40.7 Å². The van der Waals surface area contributed by atoms with Crippen LogP contribution in [0.15, 0.2) is 28.7 Å². The van der Waals surface area contributed by atoms with E-state index in [4.69, 9.17) is 4.42 Å². The van der Waals surface area contributed by atoms with E-state index in [-0.39, 0.29) is 0 Å². The normalized spacial score (nSPS) is 10.9. The number of hydrogen-bond acceptors (Lipinski definition) is 2. The monoisotopic (exact) mass is 257 g/mol. The molecule has 0 unspecified atom stereocenters. The zero-order valence-corrected chi connectivity index (χ0v) is 12.3. The van der Waals surface area contributed by atoms with Gasteiger partial charge in [-0.2, -0.15) is 0 Å². The van der Waals surface area contributed by atoms with Crippen LogP contribution >= 0.6 is 0 Å². The van der Waals surface area contributed by atoms with Crippen LogP contribution in [0.3, 0.4) is 0 Å². The molecule has 2 aromatic rings. The molecular formula is C17H23NO. The standard InChI is InChI=1S/C17H23NO/c1-5-8-18-11-15-6-7-16(19-15)17-13(3)9-12(2)10-14(17)4/h6-7,9-10,18H,5,8,11H2,1-4H3. The Morgan fingerprint density at radius 2 is 1.74 bits per heavy atom. The molecule has 0 bridgehead atoms. The fourth-order valence-corrected chi connectivity index (χ4v) is 2.56. The second kappa shape index (κ2) is 6.07. The molecule has 0 aliphatic rings. The molecule has 1 aromatic heterocycles. The molecule has 0 spiro atoms. The molecule has 1 N–H and O–H groups in total. The van der Waals surface area contributed by atoms with Gasteiger partial charge in [-0.25, -0.2) is 0 Å². The quantitative estimate of drug-likeness (QED) is 0.804. The SMILES string of the molecule is CCCNCc1ccc(-c2c(C)cc(C)cc2C)o1. The van der Waals surface area contributed by atoms with Gasteiger partial charge < -0.3 is 9.73 Å². The molecule has 0 saturated heterocycles. The van der Waals surface area contributed by atoms with Crippen LogP contribution in [0, 0.1) is 20.8 Å². The summed E-state index contributed by atoms with van der Waals surface area (Å²) in [6.07, 6.45) is 1.14. The minimum Gasteiger partial charge on any atom is -0.460 e. The molecular weight excluding hydrogens is 234 g/mol. The van der Waals surface area contributed by atoms with Crippen LogP contribution < -0.4 is 5.32 Å². The molecule has 1 aromatic carbocycles. The highest BCUT2D eigenvalue weighted by Gasteiger charge is 2.10. The van der Waals surface area contributed by atoms with Crippen LogP contribution in [0.1, 0.15) is 35.8 Å². The summed E-state index contributed by atoms with van der Waals surface area (Å²) in [5.41, 5.74) is 5.09. The second-order valence-electron chi connectivity index (χ2n) is 5.22. The number of benzene rings is 1. The van der Waals surface area contributed by atoms with E-state index in [0.29, 0.717) is 0 Å². The lowest BCUT2D eigenvalue weighted by molar-refractivity contribution is 0.493. The van der Waals surface area contributed by atoms with E-state index in [1.165, 1.54) is 22.3 Å². The fourth-order valence-electron chi connectivity index (χ4n) is 2.56. The second-order valence-corrected chi connectivity index (χ2v) is 5.22. The van der Waals surface area contributed by atoms with Crippen LogP contribution in [0.2, 0.25) is 0 Å². The molecule has 0 atom stereocenters. The van der Waals surface area contributed by atoms with Crippen molar-refractivity contribution in [2.75, 3.05) is 6.54 Å². The summed E-state index contributed by atoms with van der Waals surface area (Å²) in [5.74, 6) is 1.98. The third-order valence-corrected chi connectivity index (χ3v) is 3.31. The molecule has 0 radical (unpaired) electrons. The summed E-state index contributed by atoms with van der Waals surface area (Å²) in [6.45, 7) is 10.4.